The summed E-state index contributed by atoms with van der Waals surface area (Å²) in [6.07, 6.45) is 0. The van der Waals surface area contributed by atoms with E-state index in [-0.39, 0.29) is 13.4 Å². The van der Waals surface area contributed by atoms with Gasteiger partial charge < -0.3 is 19.3 Å². The van der Waals surface area contributed by atoms with E-state index in [1.165, 1.54) is 4.88 Å². The largest absolute Gasteiger partial charge is 0.486 e. The summed E-state index contributed by atoms with van der Waals surface area (Å²) in [5.41, 5.74) is 1.71. The van der Waals surface area contributed by atoms with Crippen LogP contribution in [-0.4, -0.2) is 16.9 Å². The topological polar surface area (TPSA) is 60.8 Å². The van der Waals surface area contributed by atoms with Crippen LogP contribution in [0.2, 0.25) is 0 Å². The second-order valence-corrected chi connectivity index (χ2v) is 5.80. The Morgan fingerprint density at radius 3 is 2.70 bits per heavy atom. The van der Waals surface area contributed by atoms with Gasteiger partial charge in [0, 0.05) is 16.5 Å². The zero-order valence-corrected chi connectivity index (χ0v) is 12.1. The predicted octanol–water partition coefficient (Wildman–Crippen LogP) is 2.56. The lowest BCUT2D eigenvalue weighted by molar-refractivity contribution is 0.173. The number of hydrogen-bond donors (Lipinski definition) is 1. The highest BCUT2D eigenvalue weighted by molar-refractivity contribution is 7.11. The first-order valence-corrected chi connectivity index (χ1v) is 7.08. The van der Waals surface area contributed by atoms with Crippen LogP contribution in [0.15, 0.2) is 12.1 Å². The summed E-state index contributed by atoms with van der Waals surface area (Å²) in [6.45, 7) is 4.49. The summed E-state index contributed by atoms with van der Waals surface area (Å²) in [5.74, 6) is 1.88. The van der Waals surface area contributed by atoms with Crippen molar-refractivity contribution in [1.29, 1.82) is 0 Å². The maximum absolute atomic E-state index is 9.41. The molecule has 5 nitrogen and oxygen atoms in total. The van der Waals surface area contributed by atoms with E-state index >= 15 is 0 Å². The lowest BCUT2D eigenvalue weighted by Gasteiger charge is -2.10. The van der Waals surface area contributed by atoms with Crippen molar-refractivity contribution in [3.05, 3.63) is 33.3 Å². The van der Waals surface area contributed by atoms with Gasteiger partial charge >= 0.3 is 0 Å². The Kier molecular flexibility index (Phi) is 3.50. The zero-order chi connectivity index (χ0) is 14.1. The van der Waals surface area contributed by atoms with Gasteiger partial charge in [0.05, 0.1) is 12.3 Å². The minimum absolute atomic E-state index is 0.109. The maximum Gasteiger partial charge on any atom is 0.231 e. The van der Waals surface area contributed by atoms with Gasteiger partial charge in [0.15, 0.2) is 11.5 Å². The minimum atomic E-state index is -0.109. The van der Waals surface area contributed by atoms with Crippen molar-refractivity contribution in [3.8, 4) is 17.2 Å². The average molecular weight is 293 g/mol. The molecule has 1 N–H and O–H groups in total. The Morgan fingerprint density at radius 2 is 2.05 bits per heavy atom. The molecule has 0 atom stereocenters. The molecule has 0 unspecified atom stereocenters. The van der Waals surface area contributed by atoms with E-state index in [9.17, 15) is 5.11 Å². The zero-order valence-electron chi connectivity index (χ0n) is 11.3. The third-order valence-electron chi connectivity index (χ3n) is 3.15. The smallest absolute Gasteiger partial charge is 0.231 e. The van der Waals surface area contributed by atoms with Gasteiger partial charge in [-0.25, -0.2) is 4.98 Å². The van der Waals surface area contributed by atoms with Gasteiger partial charge in [0.1, 0.15) is 17.4 Å². The number of aromatic nitrogens is 1. The van der Waals surface area contributed by atoms with Crippen molar-refractivity contribution in [2.45, 2.75) is 27.1 Å². The molecule has 0 fully saturated rings. The van der Waals surface area contributed by atoms with Crippen molar-refractivity contribution in [1.82, 2.24) is 4.98 Å². The summed E-state index contributed by atoms with van der Waals surface area (Å²) in [4.78, 5) is 5.62. The van der Waals surface area contributed by atoms with Crippen molar-refractivity contribution in [2.24, 2.45) is 0 Å². The van der Waals surface area contributed by atoms with Gasteiger partial charge in [-0.2, -0.15) is 0 Å². The third-order valence-corrected chi connectivity index (χ3v) is 4.20. The Balaban J connectivity index is 1.79. The Labute approximate surface area is 120 Å². The van der Waals surface area contributed by atoms with Crippen LogP contribution in [0.1, 0.15) is 21.1 Å². The fourth-order valence-corrected chi connectivity index (χ4v) is 2.81. The third kappa shape index (κ3) is 2.44. The summed E-state index contributed by atoms with van der Waals surface area (Å²) < 4.78 is 16.4. The fraction of sp³-hybridized carbons (Fsp3) is 0.357. The number of aliphatic hydroxyl groups is 1. The standard InChI is InChI=1S/C14H15NO4S/c1-8-9(2)20-14(15-8)6-17-11-4-13-12(18-7-19-13)3-10(11)5-16/h3-4,16H,5-7H2,1-2H3. The Bertz CT molecular complexity index is 619. The monoisotopic (exact) mass is 293 g/mol. The SMILES string of the molecule is Cc1nc(COc2cc3c(cc2CO)OCO3)sc1C. The molecule has 2 heterocycles. The second-order valence-electron chi connectivity index (χ2n) is 4.51. The molecule has 0 amide bonds. The van der Waals surface area contributed by atoms with Crippen molar-refractivity contribution in [3.63, 3.8) is 0 Å². The number of aryl methyl sites for hydroxylation is 2. The highest BCUT2D eigenvalue weighted by Gasteiger charge is 2.18. The molecule has 0 bridgehead atoms. The van der Waals surface area contributed by atoms with E-state index in [1.54, 1.807) is 23.5 Å². The van der Waals surface area contributed by atoms with E-state index in [0.29, 0.717) is 29.4 Å². The highest BCUT2D eigenvalue weighted by Crippen LogP contribution is 2.38. The van der Waals surface area contributed by atoms with Gasteiger partial charge in [0.2, 0.25) is 6.79 Å². The van der Waals surface area contributed by atoms with Crippen LogP contribution in [0.25, 0.3) is 0 Å². The minimum Gasteiger partial charge on any atom is -0.486 e. The molecule has 106 valence electrons. The van der Waals surface area contributed by atoms with Crippen LogP contribution in [0.5, 0.6) is 17.2 Å². The van der Waals surface area contributed by atoms with Crippen molar-refractivity contribution >= 4 is 11.3 Å². The molecular formula is C14H15NO4S. The maximum atomic E-state index is 9.41. The number of nitrogens with zero attached hydrogens (tertiary/aromatic N) is 1. The number of hydrogen-bond acceptors (Lipinski definition) is 6. The molecule has 0 aliphatic carbocycles. The van der Waals surface area contributed by atoms with Crippen LogP contribution in [-0.2, 0) is 13.2 Å². The van der Waals surface area contributed by atoms with Gasteiger partial charge in [0.25, 0.3) is 0 Å². The van der Waals surface area contributed by atoms with E-state index in [4.69, 9.17) is 14.2 Å². The van der Waals surface area contributed by atoms with Gasteiger partial charge in [-0.15, -0.1) is 11.3 Å². The van der Waals surface area contributed by atoms with Gasteiger partial charge in [-0.3, -0.25) is 0 Å². The van der Waals surface area contributed by atoms with E-state index < -0.39 is 0 Å². The number of rotatable bonds is 4. The Hall–Kier alpha value is -1.79. The van der Waals surface area contributed by atoms with Crippen LogP contribution in [0.3, 0.4) is 0 Å². The number of benzene rings is 1. The summed E-state index contributed by atoms with van der Waals surface area (Å²) >= 11 is 1.62. The number of ether oxygens (including phenoxy) is 3. The van der Waals surface area contributed by atoms with Crippen LogP contribution in [0, 0.1) is 13.8 Å². The molecule has 0 saturated carbocycles. The van der Waals surface area contributed by atoms with E-state index in [1.807, 2.05) is 13.8 Å². The van der Waals surface area contributed by atoms with E-state index in [0.717, 1.165) is 10.7 Å². The summed E-state index contributed by atoms with van der Waals surface area (Å²) in [5, 5.41) is 10.3. The van der Waals surface area contributed by atoms with Crippen LogP contribution < -0.4 is 14.2 Å². The van der Waals surface area contributed by atoms with E-state index in [2.05, 4.69) is 4.98 Å². The molecular weight excluding hydrogens is 278 g/mol. The first-order valence-electron chi connectivity index (χ1n) is 6.26. The molecule has 1 aliphatic heterocycles. The quantitative estimate of drug-likeness (QED) is 0.938. The molecule has 6 heteroatoms. The number of thiazole rings is 1. The lowest BCUT2D eigenvalue weighted by atomic mass is 10.2. The molecule has 1 aromatic heterocycles. The Morgan fingerprint density at radius 1 is 1.30 bits per heavy atom. The molecule has 2 aromatic rings. The highest BCUT2D eigenvalue weighted by atomic mass is 32.1. The van der Waals surface area contributed by atoms with Crippen molar-refractivity contribution in [2.75, 3.05) is 6.79 Å². The van der Waals surface area contributed by atoms with Gasteiger partial charge in [-0.05, 0) is 19.9 Å². The molecule has 0 radical (unpaired) electrons. The summed E-state index contributed by atoms with van der Waals surface area (Å²) in [6, 6.07) is 3.50. The molecule has 3 rings (SSSR count). The average Bonchev–Trinajstić information content (AvgIpc) is 3.02. The molecule has 0 saturated heterocycles. The molecule has 1 aromatic carbocycles. The fourth-order valence-electron chi connectivity index (χ4n) is 1.96. The molecule has 0 spiro atoms. The number of fused-ring (bicyclic) bond motifs is 1. The predicted molar refractivity (Wildman–Crippen MR) is 74.4 cm³/mol. The normalized spacial score (nSPS) is 12.8. The van der Waals surface area contributed by atoms with Crippen LogP contribution >= 0.6 is 11.3 Å². The first kappa shape index (κ1) is 13.2. The second kappa shape index (κ2) is 5.30. The van der Waals surface area contributed by atoms with Crippen molar-refractivity contribution < 1.29 is 19.3 Å². The summed E-state index contributed by atoms with van der Waals surface area (Å²) in [7, 11) is 0. The first-order chi connectivity index (χ1) is 9.67. The lowest BCUT2D eigenvalue weighted by Crippen LogP contribution is -1.98. The van der Waals surface area contributed by atoms with Crippen LogP contribution in [0.4, 0.5) is 0 Å². The molecule has 20 heavy (non-hydrogen) atoms. The molecule has 1 aliphatic rings. The van der Waals surface area contributed by atoms with Gasteiger partial charge in [-0.1, -0.05) is 0 Å². The number of aliphatic hydroxyl groups excluding tert-OH is 1.